The van der Waals surface area contributed by atoms with Gasteiger partial charge < -0.3 is 14.8 Å². The molecule has 1 aliphatic heterocycles. The fourth-order valence-electron chi connectivity index (χ4n) is 3.40. The van der Waals surface area contributed by atoms with Crippen LogP contribution in [0.2, 0.25) is 10.0 Å². The fraction of sp³-hybridized carbons (Fsp3) is 0.115. The number of ether oxygens (including phenoxy) is 2. The number of hydrogen-bond donors (Lipinski definition) is 1. The van der Waals surface area contributed by atoms with E-state index in [0.717, 1.165) is 11.3 Å². The molecule has 10 heteroatoms. The van der Waals surface area contributed by atoms with Crippen LogP contribution < -0.4 is 19.7 Å². The number of para-hydroxylation sites is 1. The Labute approximate surface area is 228 Å². The van der Waals surface area contributed by atoms with Crippen LogP contribution in [0.3, 0.4) is 0 Å². The van der Waals surface area contributed by atoms with Crippen molar-refractivity contribution in [3.05, 3.63) is 86.7 Å². The number of hydrogen-bond acceptors (Lipinski definition) is 6. The first-order valence-electron chi connectivity index (χ1n) is 10.7. The van der Waals surface area contributed by atoms with Crippen molar-refractivity contribution in [3.8, 4) is 11.5 Å². The number of halogens is 2. The maximum Gasteiger partial charge on any atom is 0.270 e. The summed E-state index contributed by atoms with van der Waals surface area (Å²) in [5.41, 5.74) is 2.93. The van der Waals surface area contributed by atoms with Crippen LogP contribution in [0.4, 0.5) is 11.4 Å². The van der Waals surface area contributed by atoms with Crippen molar-refractivity contribution in [2.24, 2.45) is 0 Å². The highest BCUT2D eigenvalue weighted by atomic mass is 35.5. The summed E-state index contributed by atoms with van der Waals surface area (Å²) >= 11 is 18.7. The van der Waals surface area contributed by atoms with E-state index < -0.39 is 0 Å². The molecule has 0 radical (unpaired) electrons. The Balaban J connectivity index is 1.47. The quantitative estimate of drug-likeness (QED) is 0.256. The Morgan fingerprint density at radius 2 is 1.86 bits per heavy atom. The van der Waals surface area contributed by atoms with Crippen LogP contribution in [-0.4, -0.2) is 29.9 Å². The number of benzene rings is 3. The van der Waals surface area contributed by atoms with E-state index in [1.165, 1.54) is 23.8 Å². The lowest BCUT2D eigenvalue weighted by Crippen LogP contribution is -2.27. The van der Waals surface area contributed by atoms with Crippen LogP contribution in [0.15, 0.2) is 65.6 Å². The third kappa shape index (κ3) is 5.84. The number of methoxy groups -OCH3 is 1. The number of amides is 2. The van der Waals surface area contributed by atoms with Crippen molar-refractivity contribution in [1.82, 2.24) is 0 Å². The molecule has 6 nitrogen and oxygen atoms in total. The minimum Gasteiger partial charge on any atom is -0.493 e. The Kier molecular flexibility index (Phi) is 8.21. The molecule has 4 rings (SSSR count). The van der Waals surface area contributed by atoms with Gasteiger partial charge in [-0.1, -0.05) is 71.4 Å². The smallest absolute Gasteiger partial charge is 0.270 e. The number of aryl methyl sites for hydroxylation is 1. The molecule has 1 aliphatic rings. The standard InChI is InChI=1S/C26H20Cl2N2O4S2/c1-15-5-3-4-6-20(15)29-24(31)14-34-21-10-7-16(11-22(21)33-2)12-23-25(32)30(26(35)36-23)17-8-9-18(27)19(28)13-17/h3-13H,14H2,1-2H3,(H,29,31)/b23-12-. The summed E-state index contributed by atoms with van der Waals surface area (Å²) in [5.74, 6) is 0.266. The van der Waals surface area contributed by atoms with Crippen molar-refractivity contribution < 1.29 is 19.1 Å². The highest BCUT2D eigenvalue weighted by Gasteiger charge is 2.33. The highest BCUT2D eigenvalue weighted by molar-refractivity contribution is 8.27. The average Bonchev–Trinajstić information content (AvgIpc) is 3.13. The highest BCUT2D eigenvalue weighted by Crippen LogP contribution is 2.38. The minimum absolute atomic E-state index is 0.188. The zero-order valence-corrected chi connectivity index (χ0v) is 22.4. The van der Waals surface area contributed by atoms with E-state index in [1.807, 2.05) is 31.2 Å². The van der Waals surface area contributed by atoms with Crippen molar-refractivity contribution in [1.29, 1.82) is 0 Å². The van der Waals surface area contributed by atoms with Gasteiger partial charge in [-0.3, -0.25) is 14.5 Å². The monoisotopic (exact) mass is 558 g/mol. The molecule has 1 N–H and O–H groups in total. The van der Waals surface area contributed by atoms with Crippen molar-refractivity contribution in [3.63, 3.8) is 0 Å². The van der Waals surface area contributed by atoms with Gasteiger partial charge in [0.15, 0.2) is 22.4 Å². The molecular weight excluding hydrogens is 539 g/mol. The molecule has 3 aromatic rings. The number of nitrogens with zero attached hydrogens (tertiary/aromatic N) is 1. The van der Waals surface area contributed by atoms with E-state index in [9.17, 15) is 9.59 Å². The van der Waals surface area contributed by atoms with Gasteiger partial charge in [-0.05, 0) is 60.5 Å². The first-order chi connectivity index (χ1) is 17.3. The second-order valence-corrected chi connectivity index (χ2v) is 10.2. The molecule has 0 bridgehead atoms. The minimum atomic E-state index is -0.290. The van der Waals surface area contributed by atoms with Crippen molar-refractivity contribution in [2.75, 3.05) is 23.9 Å². The van der Waals surface area contributed by atoms with E-state index in [0.29, 0.717) is 42.0 Å². The van der Waals surface area contributed by atoms with Gasteiger partial charge in [0, 0.05) is 5.69 Å². The predicted octanol–water partition coefficient (Wildman–Crippen LogP) is 6.73. The van der Waals surface area contributed by atoms with Gasteiger partial charge in [0.1, 0.15) is 0 Å². The molecule has 0 saturated carbocycles. The van der Waals surface area contributed by atoms with Gasteiger partial charge in [0.25, 0.3) is 11.8 Å². The third-order valence-corrected chi connectivity index (χ3v) is 7.26. The van der Waals surface area contributed by atoms with Crippen molar-refractivity contribution >= 4 is 80.8 Å². The number of thiocarbonyl (C=S) groups is 1. The third-order valence-electron chi connectivity index (χ3n) is 5.22. The number of nitrogens with one attached hydrogen (secondary N) is 1. The summed E-state index contributed by atoms with van der Waals surface area (Å²) in [6, 6.07) is 17.6. The average molecular weight is 559 g/mol. The van der Waals surface area contributed by atoms with Crippen LogP contribution in [-0.2, 0) is 9.59 Å². The number of thioether (sulfide) groups is 1. The van der Waals surface area contributed by atoms with Crippen molar-refractivity contribution in [2.45, 2.75) is 6.92 Å². The number of rotatable bonds is 7. The zero-order valence-electron chi connectivity index (χ0n) is 19.2. The summed E-state index contributed by atoms with van der Waals surface area (Å²) in [6.45, 7) is 1.73. The van der Waals surface area contributed by atoms with Crippen LogP contribution in [0, 0.1) is 6.92 Å². The summed E-state index contributed by atoms with van der Waals surface area (Å²) in [7, 11) is 1.50. The second kappa shape index (κ2) is 11.3. The van der Waals surface area contributed by atoms with Crippen LogP contribution in [0.25, 0.3) is 6.08 Å². The lowest BCUT2D eigenvalue weighted by Gasteiger charge is -2.15. The van der Waals surface area contributed by atoms with E-state index in [4.69, 9.17) is 44.9 Å². The second-order valence-electron chi connectivity index (χ2n) is 7.68. The molecule has 2 amide bonds. The molecule has 1 fully saturated rings. The zero-order chi connectivity index (χ0) is 25.8. The predicted molar refractivity (Wildman–Crippen MR) is 150 cm³/mol. The van der Waals surface area contributed by atoms with E-state index >= 15 is 0 Å². The SMILES string of the molecule is COc1cc(/C=C2\SC(=S)N(c3ccc(Cl)c(Cl)c3)C2=O)ccc1OCC(=O)Nc1ccccc1C. The Hall–Kier alpha value is -3.04. The molecule has 0 aromatic heterocycles. The lowest BCUT2D eigenvalue weighted by molar-refractivity contribution is -0.118. The Morgan fingerprint density at radius 1 is 1.08 bits per heavy atom. The maximum atomic E-state index is 13.1. The summed E-state index contributed by atoms with van der Waals surface area (Å²) in [4.78, 5) is 27.2. The van der Waals surface area contributed by atoms with E-state index in [-0.39, 0.29) is 18.4 Å². The molecule has 1 heterocycles. The van der Waals surface area contributed by atoms with Gasteiger partial charge in [0.2, 0.25) is 0 Å². The topological polar surface area (TPSA) is 67.9 Å². The van der Waals surface area contributed by atoms with Gasteiger partial charge in [-0.25, -0.2) is 0 Å². The largest absolute Gasteiger partial charge is 0.493 e. The van der Waals surface area contributed by atoms with Gasteiger partial charge >= 0.3 is 0 Å². The van der Waals surface area contributed by atoms with Crippen LogP contribution in [0.1, 0.15) is 11.1 Å². The molecule has 36 heavy (non-hydrogen) atoms. The molecule has 0 spiro atoms. The molecule has 184 valence electrons. The lowest BCUT2D eigenvalue weighted by atomic mass is 10.1. The Bertz CT molecular complexity index is 1390. The molecule has 1 saturated heterocycles. The van der Waals surface area contributed by atoms with E-state index in [2.05, 4.69) is 5.32 Å². The maximum absolute atomic E-state index is 13.1. The van der Waals surface area contributed by atoms with Gasteiger partial charge in [-0.2, -0.15) is 0 Å². The normalized spacial score (nSPS) is 14.3. The van der Waals surface area contributed by atoms with Crippen LogP contribution >= 0.6 is 47.2 Å². The molecule has 3 aromatic carbocycles. The number of anilines is 2. The van der Waals surface area contributed by atoms with Crippen LogP contribution in [0.5, 0.6) is 11.5 Å². The fourth-order valence-corrected chi connectivity index (χ4v) is 4.99. The van der Waals surface area contributed by atoms with Gasteiger partial charge in [0.05, 0.1) is 27.7 Å². The molecule has 0 unspecified atom stereocenters. The van der Waals surface area contributed by atoms with Gasteiger partial charge in [-0.15, -0.1) is 0 Å². The summed E-state index contributed by atoms with van der Waals surface area (Å²) in [6.07, 6.45) is 1.72. The Morgan fingerprint density at radius 3 is 2.58 bits per heavy atom. The molecule has 0 aliphatic carbocycles. The molecule has 0 atom stereocenters. The first-order valence-corrected chi connectivity index (χ1v) is 12.6. The van der Waals surface area contributed by atoms with E-state index in [1.54, 1.807) is 42.5 Å². The summed E-state index contributed by atoms with van der Waals surface area (Å²) < 4.78 is 11.5. The molecular formula is C26H20Cl2N2O4S2. The number of carbonyl (C=O) groups excluding carboxylic acids is 2. The summed E-state index contributed by atoms with van der Waals surface area (Å²) in [5, 5.41) is 3.55. The first kappa shape index (κ1) is 26.0. The number of carbonyl (C=O) groups is 2.